The molecule has 0 unspecified atom stereocenters. The van der Waals surface area contributed by atoms with Gasteiger partial charge in [-0.2, -0.15) is 4.31 Å². The SMILES string of the molecule is CCc1ccc([C@H]2C(=C(O)c3cccc(S(=O)(=O)N4CCCCC4)c3)C(=O)C(=O)N2CCN(C)C)cc1. The second-order valence-electron chi connectivity index (χ2n) is 9.88. The van der Waals surface area contributed by atoms with Crippen molar-refractivity contribution in [3.05, 3.63) is 70.8 Å². The Morgan fingerprint density at radius 2 is 1.70 bits per heavy atom. The van der Waals surface area contributed by atoms with E-state index >= 15 is 0 Å². The number of likely N-dealkylation sites (N-methyl/N-ethyl adjacent to an activating group) is 1. The second-order valence-corrected chi connectivity index (χ2v) is 11.8. The summed E-state index contributed by atoms with van der Waals surface area (Å²) in [6.07, 6.45) is 3.47. The number of ketones is 1. The number of amides is 1. The molecule has 2 fully saturated rings. The molecule has 198 valence electrons. The van der Waals surface area contributed by atoms with Gasteiger partial charge in [0, 0.05) is 31.7 Å². The molecule has 2 aromatic carbocycles. The number of likely N-dealkylation sites (tertiary alicyclic amines) is 1. The van der Waals surface area contributed by atoms with Crippen LogP contribution in [0.1, 0.15) is 48.9 Å². The first kappa shape index (κ1) is 27.0. The summed E-state index contributed by atoms with van der Waals surface area (Å²) in [5.74, 6) is -1.82. The summed E-state index contributed by atoms with van der Waals surface area (Å²) in [6, 6.07) is 12.9. The van der Waals surface area contributed by atoms with Crippen LogP contribution >= 0.6 is 0 Å². The molecule has 1 amide bonds. The van der Waals surface area contributed by atoms with E-state index < -0.39 is 27.8 Å². The van der Waals surface area contributed by atoms with Crippen molar-refractivity contribution in [1.29, 1.82) is 0 Å². The van der Waals surface area contributed by atoms with Gasteiger partial charge in [-0.15, -0.1) is 0 Å². The van der Waals surface area contributed by atoms with Crippen molar-refractivity contribution in [3.8, 4) is 0 Å². The average Bonchev–Trinajstić information content (AvgIpc) is 3.17. The third-order valence-electron chi connectivity index (χ3n) is 7.09. The number of hydrogen-bond acceptors (Lipinski definition) is 6. The van der Waals surface area contributed by atoms with E-state index in [1.807, 2.05) is 50.2 Å². The zero-order valence-electron chi connectivity index (χ0n) is 21.7. The molecule has 0 bridgehead atoms. The second kappa shape index (κ2) is 11.2. The van der Waals surface area contributed by atoms with E-state index in [9.17, 15) is 23.1 Å². The van der Waals surface area contributed by atoms with Crippen molar-refractivity contribution in [2.45, 2.75) is 43.5 Å². The number of benzene rings is 2. The Morgan fingerprint density at radius 3 is 2.32 bits per heavy atom. The van der Waals surface area contributed by atoms with Crippen LogP contribution < -0.4 is 0 Å². The fraction of sp³-hybridized carbons (Fsp3) is 0.429. The molecule has 2 heterocycles. The molecule has 1 atom stereocenters. The Labute approximate surface area is 219 Å². The van der Waals surface area contributed by atoms with E-state index in [0.717, 1.165) is 31.2 Å². The van der Waals surface area contributed by atoms with Gasteiger partial charge in [0.05, 0.1) is 16.5 Å². The molecule has 2 aromatic rings. The molecule has 0 spiro atoms. The van der Waals surface area contributed by atoms with Crippen LogP contribution in [0.4, 0.5) is 0 Å². The zero-order valence-corrected chi connectivity index (χ0v) is 22.5. The molecule has 2 aliphatic heterocycles. The fourth-order valence-corrected chi connectivity index (χ4v) is 6.48. The quantitative estimate of drug-likeness (QED) is 0.322. The highest BCUT2D eigenvalue weighted by molar-refractivity contribution is 7.89. The predicted octanol–water partition coefficient (Wildman–Crippen LogP) is 3.41. The van der Waals surface area contributed by atoms with Gasteiger partial charge in [-0.1, -0.05) is 49.7 Å². The summed E-state index contributed by atoms with van der Waals surface area (Å²) in [6.45, 7) is 3.81. The van der Waals surface area contributed by atoms with Crippen molar-refractivity contribution >= 4 is 27.5 Å². The number of carbonyl (C=O) groups excluding carboxylic acids is 2. The van der Waals surface area contributed by atoms with Crippen LogP contribution in [0.5, 0.6) is 0 Å². The Morgan fingerprint density at radius 1 is 1.03 bits per heavy atom. The number of rotatable bonds is 8. The Hall–Kier alpha value is -3.01. The summed E-state index contributed by atoms with van der Waals surface area (Å²) < 4.78 is 27.9. The van der Waals surface area contributed by atoms with Crippen LogP contribution in [0.2, 0.25) is 0 Å². The number of carbonyl (C=O) groups is 2. The van der Waals surface area contributed by atoms with E-state index in [0.29, 0.717) is 31.7 Å². The zero-order chi connectivity index (χ0) is 26.7. The number of piperidine rings is 1. The largest absolute Gasteiger partial charge is 0.507 e. The Bertz CT molecular complexity index is 1300. The van der Waals surface area contributed by atoms with Gasteiger partial charge in [0.1, 0.15) is 5.76 Å². The predicted molar refractivity (Wildman–Crippen MR) is 142 cm³/mol. The van der Waals surface area contributed by atoms with Gasteiger partial charge in [0.15, 0.2) is 0 Å². The number of aliphatic hydroxyl groups excluding tert-OH is 1. The molecule has 1 N–H and O–H groups in total. The highest BCUT2D eigenvalue weighted by Gasteiger charge is 2.46. The summed E-state index contributed by atoms with van der Waals surface area (Å²) in [5, 5.41) is 11.4. The van der Waals surface area contributed by atoms with E-state index in [4.69, 9.17) is 0 Å². The molecular weight excluding hydrogens is 490 g/mol. The van der Waals surface area contributed by atoms with Crippen molar-refractivity contribution in [2.75, 3.05) is 40.3 Å². The number of aryl methyl sites for hydroxylation is 1. The minimum atomic E-state index is -3.74. The molecule has 0 radical (unpaired) electrons. The molecule has 0 saturated carbocycles. The maximum atomic E-state index is 13.3. The van der Waals surface area contributed by atoms with Gasteiger partial charge < -0.3 is 14.9 Å². The first-order valence-corrected chi connectivity index (χ1v) is 14.2. The van der Waals surface area contributed by atoms with Gasteiger partial charge in [0.2, 0.25) is 10.0 Å². The van der Waals surface area contributed by atoms with Crippen LogP contribution in [-0.4, -0.2) is 79.6 Å². The standard InChI is InChI=1S/C28H35N3O5S/c1-4-20-11-13-21(14-12-20)25-24(27(33)28(34)31(25)18-17-29(2)3)26(32)22-9-8-10-23(19-22)37(35,36)30-15-6-5-7-16-30/h8-14,19,25,32H,4-7,15-18H2,1-3H3/t25-/m0/s1. The van der Waals surface area contributed by atoms with Gasteiger partial charge >= 0.3 is 0 Å². The summed E-state index contributed by atoms with van der Waals surface area (Å²) in [5.41, 5.74) is 2.00. The lowest BCUT2D eigenvalue weighted by atomic mass is 9.94. The molecule has 0 aromatic heterocycles. The molecule has 2 saturated heterocycles. The van der Waals surface area contributed by atoms with E-state index in [1.165, 1.54) is 21.3 Å². The highest BCUT2D eigenvalue weighted by atomic mass is 32.2. The average molecular weight is 526 g/mol. The van der Waals surface area contributed by atoms with E-state index in [1.54, 1.807) is 12.1 Å². The monoisotopic (exact) mass is 525 g/mol. The van der Waals surface area contributed by atoms with Crippen LogP contribution in [0, 0.1) is 0 Å². The maximum Gasteiger partial charge on any atom is 0.295 e. The van der Waals surface area contributed by atoms with Crippen LogP contribution in [0.3, 0.4) is 0 Å². The molecule has 9 heteroatoms. The lowest BCUT2D eigenvalue weighted by molar-refractivity contribution is -0.140. The Balaban J connectivity index is 1.79. The van der Waals surface area contributed by atoms with Crippen LogP contribution in [0.25, 0.3) is 5.76 Å². The number of sulfonamides is 1. The van der Waals surface area contributed by atoms with Gasteiger partial charge in [-0.3, -0.25) is 9.59 Å². The number of Topliss-reactive ketones (excluding diaryl/α,β-unsaturated/α-hetero) is 1. The summed E-state index contributed by atoms with van der Waals surface area (Å²) >= 11 is 0. The van der Waals surface area contributed by atoms with E-state index in [-0.39, 0.29) is 21.8 Å². The molecular formula is C28H35N3O5S. The highest BCUT2D eigenvalue weighted by Crippen LogP contribution is 2.39. The Kier molecular flexibility index (Phi) is 8.16. The summed E-state index contributed by atoms with van der Waals surface area (Å²) in [4.78, 5) is 29.8. The lowest BCUT2D eigenvalue weighted by Gasteiger charge is -2.27. The van der Waals surface area contributed by atoms with Crippen molar-refractivity contribution in [1.82, 2.24) is 14.1 Å². The fourth-order valence-electron chi connectivity index (χ4n) is 4.91. The number of aliphatic hydroxyl groups is 1. The first-order valence-electron chi connectivity index (χ1n) is 12.8. The molecule has 2 aliphatic rings. The number of hydrogen-bond donors (Lipinski definition) is 1. The van der Waals surface area contributed by atoms with Crippen LogP contribution in [-0.2, 0) is 26.0 Å². The third-order valence-corrected chi connectivity index (χ3v) is 8.99. The van der Waals surface area contributed by atoms with Crippen LogP contribution in [0.15, 0.2) is 59.0 Å². The molecule has 4 rings (SSSR count). The molecule has 37 heavy (non-hydrogen) atoms. The van der Waals surface area contributed by atoms with Gasteiger partial charge in [-0.25, -0.2) is 8.42 Å². The van der Waals surface area contributed by atoms with Crippen molar-refractivity contribution in [2.24, 2.45) is 0 Å². The van der Waals surface area contributed by atoms with Gasteiger partial charge in [-0.05, 0) is 56.6 Å². The van der Waals surface area contributed by atoms with E-state index in [2.05, 4.69) is 0 Å². The minimum absolute atomic E-state index is 0.0273. The topological polar surface area (TPSA) is 98.2 Å². The summed E-state index contributed by atoms with van der Waals surface area (Å²) in [7, 11) is 0.0333. The third kappa shape index (κ3) is 5.49. The normalized spacial score (nSPS) is 20.6. The van der Waals surface area contributed by atoms with Crippen molar-refractivity contribution < 1.29 is 23.1 Å². The lowest BCUT2D eigenvalue weighted by Crippen LogP contribution is -2.35. The van der Waals surface area contributed by atoms with Crippen molar-refractivity contribution in [3.63, 3.8) is 0 Å². The van der Waals surface area contributed by atoms with Gasteiger partial charge in [0.25, 0.3) is 11.7 Å². The smallest absolute Gasteiger partial charge is 0.295 e. The molecule has 8 nitrogen and oxygen atoms in total. The minimum Gasteiger partial charge on any atom is -0.507 e. The molecule has 0 aliphatic carbocycles. The maximum absolute atomic E-state index is 13.3. The number of nitrogens with zero attached hydrogens (tertiary/aromatic N) is 3. The first-order chi connectivity index (χ1) is 17.6.